The first-order valence-electron chi connectivity index (χ1n) is 5.59. The van der Waals surface area contributed by atoms with Gasteiger partial charge in [-0.3, -0.25) is 4.98 Å². The van der Waals surface area contributed by atoms with Crippen LogP contribution in [0.25, 0.3) is 0 Å². The molecule has 0 aliphatic carbocycles. The standard InChI is InChI=1S/C13H16N2OS/c1-10-4-5-13(17-10)11(7-14)9-16-12-3-2-6-15-8-12/h2-6,8,11H,7,9,14H2,1H3. The molecular formula is C13H16N2OS. The molecule has 2 aromatic heterocycles. The molecule has 0 saturated carbocycles. The molecule has 3 nitrogen and oxygen atoms in total. The van der Waals surface area contributed by atoms with Crippen LogP contribution >= 0.6 is 11.3 Å². The van der Waals surface area contributed by atoms with Crippen LogP contribution in [0, 0.1) is 6.92 Å². The van der Waals surface area contributed by atoms with E-state index in [2.05, 4.69) is 24.0 Å². The summed E-state index contributed by atoms with van der Waals surface area (Å²) in [6.07, 6.45) is 3.45. The fraction of sp³-hybridized carbons (Fsp3) is 0.308. The van der Waals surface area contributed by atoms with Gasteiger partial charge in [0.2, 0.25) is 0 Å². The van der Waals surface area contributed by atoms with Gasteiger partial charge in [0, 0.05) is 28.4 Å². The van der Waals surface area contributed by atoms with Crippen molar-refractivity contribution < 1.29 is 4.74 Å². The molecule has 0 bridgehead atoms. The van der Waals surface area contributed by atoms with E-state index in [-0.39, 0.29) is 5.92 Å². The fourth-order valence-electron chi connectivity index (χ4n) is 1.57. The Kier molecular flexibility index (Phi) is 4.12. The van der Waals surface area contributed by atoms with Crippen molar-refractivity contribution in [3.63, 3.8) is 0 Å². The third-order valence-corrected chi connectivity index (χ3v) is 3.70. The van der Waals surface area contributed by atoms with Crippen molar-refractivity contribution in [1.29, 1.82) is 0 Å². The van der Waals surface area contributed by atoms with Gasteiger partial charge in [-0.2, -0.15) is 0 Å². The molecule has 1 atom stereocenters. The molecule has 0 amide bonds. The molecule has 2 heterocycles. The molecule has 0 saturated heterocycles. The van der Waals surface area contributed by atoms with Gasteiger partial charge in [0.15, 0.2) is 0 Å². The van der Waals surface area contributed by atoms with Crippen LogP contribution in [0.1, 0.15) is 15.7 Å². The van der Waals surface area contributed by atoms with Gasteiger partial charge in [-0.15, -0.1) is 11.3 Å². The van der Waals surface area contributed by atoms with Gasteiger partial charge in [0.25, 0.3) is 0 Å². The molecule has 2 rings (SSSR count). The Morgan fingerprint density at radius 1 is 1.41 bits per heavy atom. The highest BCUT2D eigenvalue weighted by Crippen LogP contribution is 2.24. The molecule has 2 N–H and O–H groups in total. The first-order chi connectivity index (χ1) is 8.29. The normalized spacial score (nSPS) is 12.4. The second kappa shape index (κ2) is 5.80. The summed E-state index contributed by atoms with van der Waals surface area (Å²) in [6, 6.07) is 8.01. The zero-order valence-electron chi connectivity index (χ0n) is 9.80. The van der Waals surface area contributed by atoms with Gasteiger partial charge >= 0.3 is 0 Å². The maximum Gasteiger partial charge on any atom is 0.137 e. The Balaban J connectivity index is 1.97. The third kappa shape index (κ3) is 3.28. The summed E-state index contributed by atoms with van der Waals surface area (Å²) >= 11 is 1.78. The highest BCUT2D eigenvalue weighted by atomic mass is 32.1. The molecule has 0 aliphatic heterocycles. The number of aromatic nitrogens is 1. The summed E-state index contributed by atoms with van der Waals surface area (Å²) in [4.78, 5) is 6.60. The van der Waals surface area contributed by atoms with E-state index in [1.165, 1.54) is 9.75 Å². The number of rotatable bonds is 5. The van der Waals surface area contributed by atoms with Gasteiger partial charge in [-0.1, -0.05) is 0 Å². The predicted molar refractivity (Wildman–Crippen MR) is 70.6 cm³/mol. The van der Waals surface area contributed by atoms with Crippen molar-refractivity contribution in [3.05, 3.63) is 46.4 Å². The van der Waals surface area contributed by atoms with E-state index in [1.807, 2.05) is 12.1 Å². The van der Waals surface area contributed by atoms with E-state index < -0.39 is 0 Å². The van der Waals surface area contributed by atoms with E-state index >= 15 is 0 Å². The third-order valence-electron chi connectivity index (χ3n) is 2.53. The molecule has 0 aliphatic rings. The number of pyridine rings is 1. The monoisotopic (exact) mass is 248 g/mol. The molecule has 0 radical (unpaired) electrons. The second-order valence-electron chi connectivity index (χ2n) is 3.88. The van der Waals surface area contributed by atoms with Crippen LogP contribution in [-0.4, -0.2) is 18.1 Å². The van der Waals surface area contributed by atoms with E-state index in [1.54, 1.807) is 23.7 Å². The van der Waals surface area contributed by atoms with Crippen LogP contribution < -0.4 is 10.5 Å². The Morgan fingerprint density at radius 2 is 2.29 bits per heavy atom. The highest BCUT2D eigenvalue weighted by Gasteiger charge is 2.12. The van der Waals surface area contributed by atoms with Gasteiger partial charge in [0.1, 0.15) is 5.75 Å². The van der Waals surface area contributed by atoms with Crippen LogP contribution in [0.3, 0.4) is 0 Å². The summed E-state index contributed by atoms with van der Waals surface area (Å²) < 4.78 is 5.69. The molecule has 17 heavy (non-hydrogen) atoms. The average molecular weight is 248 g/mol. The Morgan fingerprint density at radius 3 is 2.88 bits per heavy atom. The zero-order valence-corrected chi connectivity index (χ0v) is 10.6. The maximum atomic E-state index is 5.79. The van der Waals surface area contributed by atoms with Crippen molar-refractivity contribution in [2.24, 2.45) is 5.73 Å². The number of thiophene rings is 1. The number of nitrogens with zero attached hydrogens (tertiary/aromatic N) is 1. The van der Waals surface area contributed by atoms with Gasteiger partial charge in [-0.25, -0.2) is 0 Å². The van der Waals surface area contributed by atoms with Crippen LogP contribution in [-0.2, 0) is 0 Å². The Labute approximate surface area is 105 Å². The van der Waals surface area contributed by atoms with Crippen LogP contribution in [0.15, 0.2) is 36.7 Å². The first kappa shape index (κ1) is 12.1. The number of hydrogen-bond donors (Lipinski definition) is 1. The van der Waals surface area contributed by atoms with Crippen molar-refractivity contribution in [3.8, 4) is 5.75 Å². The lowest BCUT2D eigenvalue weighted by Gasteiger charge is -2.14. The first-order valence-corrected chi connectivity index (χ1v) is 6.40. The van der Waals surface area contributed by atoms with Crippen LogP contribution in [0.5, 0.6) is 5.75 Å². The SMILES string of the molecule is Cc1ccc(C(CN)COc2cccnc2)s1. The molecule has 0 fully saturated rings. The van der Waals surface area contributed by atoms with E-state index in [4.69, 9.17) is 10.5 Å². The van der Waals surface area contributed by atoms with Gasteiger partial charge in [-0.05, 0) is 31.2 Å². The summed E-state index contributed by atoms with van der Waals surface area (Å²) in [5.74, 6) is 1.05. The molecule has 1 unspecified atom stereocenters. The van der Waals surface area contributed by atoms with E-state index in [0.717, 1.165) is 5.75 Å². The lowest BCUT2D eigenvalue weighted by atomic mass is 10.1. The Hall–Kier alpha value is -1.39. The smallest absolute Gasteiger partial charge is 0.137 e. The summed E-state index contributed by atoms with van der Waals surface area (Å²) in [6.45, 7) is 3.30. The van der Waals surface area contributed by atoms with Crippen LogP contribution in [0.4, 0.5) is 0 Å². The van der Waals surface area contributed by atoms with E-state index in [9.17, 15) is 0 Å². The predicted octanol–water partition coefficient (Wildman–Crippen LogP) is 2.57. The quantitative estimate of drug-likeness (QED) is 0.884. The van der Waals surface area contributed by atoms with Crippen molar-refractivity contribution in [1.82, 2.24) is 4.98 Å². The second-order valence-corrected chi connectivity index (χ2v) is 5.20. The lowest BCUT2D eigenvalue weighted by molar-refractivity contribution is 0.291. The molecular weight excluding hydrogens is 232 g/mol. The minimum atomic E-state index is 0.258. The molecule has 2 aromatic rings. The zero-order chi connectivity index (χ0) is 12.1. The number of nitrogens with two attached hydrogens (primary N) is 1. The topological polar surface area (TPSA) is 48.1 Å². The molecule has 0 aromatic carbocycles. The molecule has 90 valence electrons. The van der Waals surface area contributed by atoms with Crippen molar-refractivity contribution in [2.75, 3.05) is 13.2 Å². The average Bonchev–Trinajstić information content (AvgIpc) is 2.78. The van der Waals surface area contributed by atoms with Gasteiger partial charge in [0.05, 0.1) is 12.8 Å². The summed E-state index contributed by atoms with van der Waals surface area (Å²) in [5.41, 5.74) is 5.79. The molecule has 0 spiro atoms. The number of hydrogen-bond acceptors (Lipinski definition) is 4. The highest BCUT2D eigenvalue weighted by molar-refractivity contribution is 7.12. The number of ether oxygens (including phenoxy) is 1. The minimum Gasteiger partial charge on any atom is -0.491 e. The number of aryl methyl sites for hydroxylation is 1. The summed E-state index contributed by atoms with van der Waals surface area (Å²) in [5, 5.41) is 0. The van der Waals surface area contributed by atoms with E-state index in [0.29, 0.717) is 13.2 Å². The summed E-state index contributed by atoms with van der Waals surface area (Å²) in [7, 11) is 0. The Bertz CT molecular complexity index is 455. The van der Waals surface area contributed by atoms with Gasteiger partial charge < -0.3 is 10.5 Å². The fourth-order valence-corrected chi connectivity index (χ4v) is 2.54. The maximum absolute atomic E-state index is 5.79. The minimum absolute atomic E-state index is 0.258. The van der Waals surface area contributed by atoms with Crippen molar-refractivity contribution in [2.45, 2.75) is 12.8 Å². The van der Waals surface area contributed by atoms with Crippen molar-refractivity contribution >= 4 is 11.3 Å². The molecule has 4 heteroatoms. The largest absolute Gasteiger partial charge is 0.491 e. The van der Waals surface area contributed by atoms with Crippen LogP contribution in [0.2, 0.25) is 0 Å². The lowest BCUT2D eigenvalue weighted by Crippen LogP contribution is -2.18.